The van der Waals surface area contributed by atoms with Crippen molar-refractivity contribution in [3.8, 4) is 0 Å². The van der Waals surface area contributed by atoms with Crippen LogP contribution in [0, 0.1) is 12.8 Å². The number of aryl methyl sites for hydroxylation is 2. The van der Waals surface area contributed by atoms with Gasteiger partial charge in [-0.15, -0.1) is 0 Å². The molecule has 1 fully saturated rings. The van der Waals surface area contributed by atoms with Crippen LogP contribution in [-0.4, -0.2) is 48.6 Å². The highest BCUT2D eigenvalue weighted by Crippen LogP contribution is 2.31. The van der Waals surface area contributed by atoms with Crippen LogP contribution in [0.2, 0.25) is 0 Å². The van der Waals surface area contributed by atoms with Gasteiger partial charge in [-0.25, -0.2) is 13.4 Å². The molecular formula is C26H35N3O3S2. The SMILES string of the molecule is CCOCCCn1c(SCc2ccccc2C)nc2cc(S(=O)(=O)N3CCC[C@@H](C)C3)ccc21. The van der Waals surface area contributed by atoms with Crippen molar-refractivity contribution >= 4 is 32.8 Å². The molecule has 34 heavy (non-hydrogen) atoms. The third-order valence-electron chi connectivity index (χ3n) is 6.43. The van der Waals surface area contributed by atoms with Gasteiger partial charge in [0.05, 0.1) is 15.9 Å². The lowest BCUT2D eigenvalue weighted by Gasteiger charge is -2.30. The van der Waals surface area contributed by atoms with E-state index in [0.29, 0.717) is 37.1 Å². The highest BCUT2D eigenvalue weighted by atomic mass is 32.2. The third-order valence-corrected chi connectivity index (χ3v) is 9.32. The Hall–Kier alpha value is -1.87. The molecule has 0 saturated carbocycles. The van der Waals surface area contributed by atoms with Crippen LogP contribution in [0.4, 0.5) is 0 Å². The molecule has 8 heteroatoms. The second-order valence-corrected chi connectivity index (χ2v) is 12.0. The zero-order valence-electron chi connectivity index (χ0n) is 20.4. The minimum absolute atomic E-state index is 0.337. The Morgan fingerprint density at radius 2 is 2.03 bits per heavy atom. The first-order valence-corrected chi connectivity index (χ1v) is 14.6. The Kier molecular flexibility index (Phi) is 8.34. The summed E-state index contributed by atoms with van der Waals surface area (Å²) >= 11 is 1.70. The molecule has 2 aromatic carbocycles. The van der Waals surface area contributed by atoms with E-state index in [0.717, 1.165) is 47.7 Å². The van der Waals surface area contributed by atoms with Gasteiger partial charge in [-0.05, 0) is 68.4 Å². The average molecular weight is 502 g/mol. The lowest BCUT2D eigenvalue weighted by molar-refractivity contribution is 0.141. The van der Waals surface area contributed by atoms with Crippen molar-refractivity contribution in [1.29, 1.82) is 0 Å². The maximum absolute atomic E-state index is 13.3. The molecule has 0 bridgehead atoms. The normalized spacial score (nSPS) is 17.4. The van der Waals surface area contributed by atoms with Gasteiger partial charge in [0, 0.05) is 38.6 Å². The number of rotatable bonds is 10. The highest BCUT2D eigenvalue weighted by molar-refractivity contribution is 7.98. The summed E-state index contributed by atoms with van der Waals surface area (Å²) in [7, 11) is -3.52. The molecule has 1 aromatic heterocycles. The quantitative estimate of drug-likeness (QED) is 0.272. The molecule has 0 unspecified atom stereocenters. The minimum Gasteiger partial charge on any atom is -0.382 e. The summed E-state index contributed by atoms with van der Waals surface area (Å²) in [4.78, 5) is 5.23. The van der Waals surface area contributed by atoms with E-state index in [1.807, 2.05) is 13.0 Å². The van der Waals surface area contributed by atoms with E-state index in [-0.39, 0.29) is 0 Å². The fourth-order valence-corrected chi connectivity index (χ4v) is 7.21. The van der Waals surface area contributed by atoms with Gasteiger partial charge in [-0.3, -0.25) is 0 Å². The second kappa shape index (κ2) is 11.2. The smallest absolute Gasteiger partial charge is 0.243 e. The molecule has 1 aliphatic rings. The number of ether oxygens (including phenoxy) is 1. The number of aromatic nitrogens is 2. The molecule has 4 rings (SSSR count). The molecule has 6 nitrogen and oxygen atoms in total. The van der Waals surface area contributed by atoms with Crippen molar-refractivity contribution in [3.05, 3.63) is 53.6 Å². The summed E-state index contributed by atoms with van der Waals surface area (Å²) in [5, 5.41) is 0.913. The van der Waals surface area contributed by atoms with Crippen molar-refractivity contribution in [2.45, 2.75) is 62.4 Å². The zero-order chi connectivity index (χ0) is 24.1. The van der Waals surface area contributed by atoms with E-state index in [2.05, 4.69) is 42.7 Å². The Labute approximate surface area is 207 Å². The number of sulfonamides is 1. The van der Waals surface area contributed by atoms with E-state index in [1.54, 1.807) is 28.2 Å². The summed E-state index contributed by atoms with van der Waals surface area (Å²) in [5.41, 5.74) is 4.24. The lowest BCUT2D eigenvalue weighted by atomic mass is 10.0. The number of piperidine rings is 1. The minimum atomic E-state index is -3.52. The maximum atomic E-state index is 13.3. The van der Waals surface area contributed by atoms with Crippen molar-refractivity contribution in [3.63, 3.8) is 0 Å². The maximum Gasteiger partial charge on any atom is 0.243 e. The van der Waals surface area contributed by atoms with Gasteiger partial charge in [-0.1, -0.05) is 43.0 Å². The molecule has 1 aliphatic heterocycles. The Bertz CT molecular complexity index is 1220. The van der Waals surface area contributed by atoms with E-state index in [4.69, 9.17) is 9.72 Å². The molecule has 3 aromatic rings. The molecule has 0 amide bonds. The van der Waals surface area contributed by atoms with Crippen LogP contribution in [0.15, 0.2) is 52.5 Å². The summed E-state index contributed by atoms with van der Waals surface area (Å²) < 4.78 is 36.0. The molecule has 0 spiro atoms. The van der Waals surface area contributed by atoms with Gasteiger partial charge < -0.3 is 9.30 Å². The van der Waals surface area contributed by atoms with Crippen molar-refractivity contribution in [1.82, 2.24) is 13.9 Å². The number of benzene rings is 2. The molecule has 1 atom stereocenters. The standard InChI is InChI=1S/C26H35N3O3S2/c1-4-32-16-8-15-29-25-13-12-23(34(30,31)28-14-7-9-20(2)18-28)17-24(25)27-26(29)33-19-22-11-6-5-10-21(22)3/h5-6,10-13,17,20H,4,7-9,14-16,18-19H2,1-3H3/t20-/m1/s1. The van der Waals surface area contributed by atoms with Gasteiger partial charge in [-0.2, -0.15) is 4.31 Å². The predicted molar refractivity (Wildman–Crippen MR) is 139 cm³/mol. The summed E-state index contributed by atoms with van der Waals surface area (Å²) in [5.74, 6) is 1.21. The largest absolute Gasteiger partial charge is 0.382 e. The number of imidazole rings is 1. The fraction of sp³-hybridized carbons (Fsp3) is 0.500. The van der Waals surface area contributed by atoms with Gasteiger partial charge in [0.25, 0.3) is 0 Å². The molecule has 0 N–H and O–H groups in total. The Balaban J connectivity index is 1.64. The first kappa shape index (κ1) is 25.2. The van der Waals surface area contributed by atoms with Crippen LogP contribution >= 0.6 is 11.8 Å². The molecule has 2 heterocycles. The van der Waals surface area contributed by atoms with E-state index < -0.39 is 10.0 Å². The topological polar surface area (TPSA) is 64.4 Å². The molecule has 1 saturated heterocycles. The van der Waals surface area contributed by atoms with Crippen LogP contribution in [0.5, 0.6) is 0 Å². The van der Waals surface area contributed by atoms with Gasteiger partial charge in [0.2, 0.25) is 10.0 Å². The van der Waals surface area contributed by atoms with Gasteiger partial charge in [0.1, 0.15) is 0 Å². The van der Waals surface area contributed by atoms with Gasteiger partial charge in [0.15, 0.2) is 5.16 Å². The summed E-state index contributed by atoms with van der Waals surface area (Å²) in [6.07, 6.45) is 2.87. The molecule has 0 aliphatic carbocycles. The first-order chi connectivity index (χ1) is 16.4. The number of hydrogen-bond donors (Lipinski definition) is 0. The average Bonchev–Trinajstić information content (AvgIpc) is 3.18. The van der Waals surface area contributed by atoms with E-state index >= 15 is 0 Å². The monoisotopic (exact) mass is 501 g/mol. The van der Waals surface area contributed by atoms with Crippen LogP contribution in [-0.2, 0) is 27.1 Å². The number of hydrogen-bond acceptors (Lipinski definition) is 5. The fourth-order valence-electron chi connectivity index (χ4n) is 4.47. The van der Waals surface area contributed by atoms with Crippen molar-refractivity contribution in [2.75, 3.05) is 26.3 Å². The Morgan fingerprint density at radius 1 is 1.21 bits per heavy atom. The lowest BCUT2D eigenvalue weighted by Crippen LogP contribution is -2.39. The van der Waals surface area contributed by atoms with Crippen molar-refractivity contribution < 1.29 is 13.2 Å². The van der Waals surface area contributed by atoms with Crippen molar-refractivity contribution in [2.24, 2.45) is 5.92 Å². The predicted octanol–water partition coefficient (Wildman–Crippen LogP) is 5.48. The van der Waals surface area contributed by atoms with Crippen LogP contribution in [0.1, 0.15) is 44.2 Å². The number of fused-ring (bicyclic) bond motifs is 1. The van der Waals surface area contributed by atoms with Gasteiger partial charge >= 0.3 is 0 Å². The summed E-state index contributed by atoms with van der Waals surface area (Å²) in [6.45, 7) is 9.60. The molecular weight excluding hydrogens is 466 g/mol. The highest BCUT2D eigenvalue weighted by Gasteiger charge is 2.29. The second-order valence-electron chi connectivity index (χ2n) is 9.07. The zero-order valence-corrected chi connectivity index (χ0v) is 22.0. The number of nitrogens with zero attached hydrogens (tertiary/aromatic N) is 3. The van der Waals surface area contributed by atoms with Crippen LogP contribution in [0.3, 0.4) is 0 Å². The summed E-state index contributed by atoms with van der Waals surface area (Å²) in [6, 6.07) is 13.8. The molecule has 184 valence electrons. The van der Waals surface area contributed by atoms with E-state index in [1.165, 1.54) is 11.1 Å². The van der Waals surface area contributed by atoms with E-state index in [9.17, 15) is 8.42 Å². The first-order valence-electron chi connectivity index (χ1n) is 12.2. The molecule has 0 radical (unpaired) electrons. The van der Waals surface area contributed by atoms with Crippen LogP contribution < -0.4 is 0 Å². The number of thioether (sulfide) groups is 1. The van der Waals surface area contributed by atoms with Crippen LogP contribution in [0.25, 0.3) is 11.0 Å². The third kappa shape index (κ3) is 5.67. The Morgan fingerprint density at radius 3 is 2.79 bits per heavy atom.